The Labute approximate surface area is 160 Å². The minimum absolute atomic E-state index is 0.0263. The van der Waals surface area contributed by atoms with Crippen LogP contribution in [-0.2, 0) is 9.59 Å². The average Bonchev–Trinajstić information content (AvgIpc) is 3.04. The number of amides is 2. The van der Waals surface area contributed by atoms with E-state index in [1.165, 1.54) is 11.1 Å². The number of benzene rings is 1. The zero-order chi connectivity index (χ0) is 18.7. The number of carbonyl (C=O) groups is 2. The first-order chi connectivity index (χ1) is 12.5. The van der Waals surface area contributed by atoms with Crippen molar-refractivity contribution < 1.29 is 9.59 Å². The molecule has 0 aromatic heterocycles. The highest BCUT2D eigenvalue weighted by Gasteiger charge is 2.39. The zero-order valence-electron chi connectivity index (χ0n) is 15.9. The maximum atomic E-state index is 12.8. The summed E-state index contributed by atoms with van der Waals surface area (Å²) in [5, 5.41) is 3.09. The molecule has 6 heteroatoms. The molecule has 1 aromatic rings. The molecule has 2 fully saturated rings. The van der Waals surface area contributed by atoms with Crippen molar-refractivity contribution in [2.75, 3.05) is 32.3 Å². The monoisotopic (exact) mass is 375 g/mol. The smallest absolute Gasteiger partial charge is 0.243 e. The van der Waals surface area contributed by atoms with Gasteiger partial charge in [0.15, 0.2) is 0 Å². The predicted octanol–water partition coefficient (Wildman–Crippen LogP) is 2.42. The van der Waals surface area contributed by atoms with Crippen LogP contribution in [0.1, 0.15) is 36.4 Å². The summed E-state index contributed by atoms with van der Waals surface area (Å²) < 4.78 is 0. The fraction of sp³-hybridized carbons (Fsp3) is 0.600. The second-order valence-corrected chi connectivity index (χ2v) is 8.59. The number of nitrogens with one attached hydrogen (secondary N) is 1. The van der Waals surface area contributed by atoms with Crippen LogP contribution in [0.25, 0.3) is 0 Å². The average molecular weight is 376 g/mol. The third-order valence-corrected chi connectivity index (χ3v) is 6.49. The summed E-state index contributed by atoms with van der Waals surface area (Å²) in [7, 11) is 4.04. The van der Waals surface area contributed by atoms with Crippen LogP contribution >= 0.6 is 11.8 Å². The van der Waals surface area contributed by atoms with Crippen LogP contribution in [0.5, 0.6) is 0 Å². The second kappa shape index (κ2) is 8.44. The third-order valence-electron chi connectivity index (χ3n) is 5.48. The normalized spacial score (nSPS) is 21.5. The minimum Gasteiger partial charge on any atom is -0.352 e. The first-order valence-electron chi connectivity index (χ1n) is 9.36. The van der Waals surface area contributed by atoms with E-state index < -0.39 is 0 Å². The van der Waals surface area contributed by atoms with Gasteiger partial charge >= 0.3 is 0 Å². The highest BCUT2D eigenvalue weighted by molar-refractivity contribution is 7.99. The molecule has 1 saturated heterocycles. The third kappa shape index (κ3) is 4.23. The van der Waals surface area contributed by atoms with Crippen LogP contribution in [0.15, 0.2) is 24.3 Å². The van der Waals surface area contributed by atoms with Crippen LogP contribution in [0, 0.1) is 12.8 Å². The van der Waals surface area contributed by atoms with Gasteiger partial charge in [-0.15, -0.1) is 11.8 Å². The largest absolute Gasteiger partial charge is 0.352 e. The molecule has 2 amide bonds. The molecule has 2 unspecified atom stereocenters. The van der Waals surface area contributed by atoms with Gasteiger partial charge in [-0.3, -0.25) is 9.59 Å². The van der Waals surface area contributed by atoms with Crippen molar-refractivity contribution in [2.45, 2.75) is 38.3 Å². The van der Waals surface area contributed by atoms with Gasteiger partial charge in [0.05, 0.1) is 11.9 Å². The Morgan fingerprint density at radius 3 is 2.54 bits per heavy atom. The molecular formula is C20H29N3O2S. The van der Waals surface area contributed by atoms with E-state index in [4.69, 9.17) is 0 Å². The summed E-state index contributed by atoms with van der Waals surface area (Å²) in [6, 6.07) is 8.22. The van der Waals surface area contributed by atoms with Gasteiger partial charge in [-0.05, 0) is 39.4 Å². The molecule has 1 heterocycles. The zero-order valence-corrected chi connectivity index (χ0v) is 16.7. The summed E-state index contributed by atoms with van der Waals surface area (Å²) in [6.45, 7) is 2.61. The first kappa shape index (κ1) is 19.2. The van der Waals surface area contributed by atoms with Gasteiger partial charge in [0.2, 0.25) is 11.8 Å². The number of hydrogen-bond donors (Lipinski definition) is 1. The van der Waals surface area contributed by atoms with Crippen LogP contribution in [0.3, 0.4) is 0 Å². The summed E-state index contributed by atoms with van der Waals surface area (Å²) in [4.78, 5) is 29.2. The SMILES string of the molecule is Cc1ccc(C(CNC(=O)C2CSCN2C(=O)C2CCC2)N(C)C)cc1. The second-order valence-electron chi connectivity index (χ2n) is 7.59. The van der Waals surface area contributed by atoms with Gasteiger partial charge < -0.3 is 15.1 Å². The van der Waals surface area contributed by atoms with E-state index in [0.717, 1.165) is 19.3 Å². The van der Waals surface area contributed by atoms with Crippen molar-refractivity contribution in [3.63, 3.8) is 0 Å². The number of aryl methyl sites for hydroxylation is 1. The number of hydrogen-bond acceptors (Lipinski definition) is 4. The fourth-order valence-corrected chi connectivity index (χ4v) is 4.63. The molecule has 2 aliphatic rings. The maximum Gasteiger partial charge on any atom is 0.243 e. The molecule has 1 aromatic carbocycles. The predicted molar refractivity (Wildman–Crippen MR) is 106 cm³/mol. The molecule has 1 saturated carbocycles. The van der Waals surface area contributed by atoms with Crippen molar-refractivity contribution in [3.8, 4) is 0 Å². The van der Waals surface area contributed by atoms with Gasteiger partial charge in [-0.2, -0.15) is 0 Å². The van der Waals surface area contributed by atoms with Crippen LogP contribution in [-0.4, -0.2) is 59.9 Å². The van der Waals surface area contributed by atoms with E-state index >= 15 is 0 Å². The number of likely N-dealkylation sites (N-methyl/N-ethyl adjacent to an activating group) is 1. The van der Waals surface area contributed by atoms with Gasteiger partial charge in [0, 0.05) is 18.2 Å². The van der Waals surface area contributed by atoms with Crippen molar-refractivity contribution >= 4 is 23.6 Å². The molecule has 1 N–H and O–H groups in total. The van der Waals surface area contributed by atoms with Crippen LogP contribution in [0.4, 0.5) is 0 Å². The van der Waals surface area contributed by atoms with Crippen molar-refractivity contribution in [1.29, 1.82) is 0 Å². The first-order valence-corrected chi connectivity index (χ1v) is 10.5. The van der Waals surface area contributed by atoms with E-state index in [-0.39, 0.29) is 29.8 Å². The van der Waals surface area contributed by atoms with Crippen molar-refractivity contribution in [1.82, 2.24) is 15.1 Å². The van der Waals surface area contributed by atoms with Gasteiger partial charge in [-0.1, -0.05) is 36.2 Å². The molecular weight excluding hydrogens is 346 g/mol. The maximum absolute atomic E-state index is 12.8. The number of nitrogens with zero attached hydrogens (tertiary/aromatic N) is 2. The lowest BCUT2D eigenvalue weighted by atomic mass is 9.84. The van der Waals surface area contributed by atoms with Crippen molar-refractivity contribution in [3.05, 3.63) is 35.4 Å². The molecule has 26 heavy (non-hydrogen) atoms. The topological polar surface area (TPSA) is 52.7 Å². The van der Waals surface area contributed by atoms with Crippen molar-refractivity contribution in [2.24, 2.45) is 5.92 Å². The molecule has 1 aliphatic heterocycles. The molecule has 1 aliphatic carbocycles. The molecule has 5 nitrogen and oxygen atoms in total. The lowest BCUT2D eigenvalue weighted by Gasteiger charge is -2.32. The van der Waals surface area contributed by atoms with Crippen LogP contribution in [0.2, 0.25) is 0 Å². The Hall–Kier alpha value is -1.53. The molecule has 0 radical (unpaired) electrons. The Morgan fingerprint density at radius 1 is 1.27 bits per heavy atom. The molecule has 3 rings (SSSR count). The lowest BCUT2D eigenvalue weighted by molar-refractivity contribution is -0.143. The van der Waals surface area contributed by atoms with Gasteiger partial charge in [0.1, 0.15) is 6.04 Å². The molecule has 142 valence electrons. The number of rotatable bonds is 6. The summed E-state index contributed by atoms with van der Waals surface area (Å²) in [6.07, 6.45) is 3.09. The Balaban J connectivity index is 1.60. The summed E-state index contributed by atoms with van der Waals surface area (Å²) >= 11 is 1.67. The van der Waals surface area contributed by atoms with E-state index in [1.807, 2.05) is 14.1 Å². The molecule has 0 bridgehead atoms. The highest BCUT2D eigenvalue weighted by Crippen LogP contribution is 2.32. The number of carbonyl (C=O) groups excluding carboxylic acids is 2. The Bertz CT molecular complexity index is 643. The Kier molecular flexibility index (Phi) is 6.24. The van der Waals surface area contributed by atoms with Gasteiger partial charge in [0.25, 0.3) is 0 Å². The molecule has 2 atom stereocenters. The quantitative estimate of drug-likeness (QED) is 0.830. The van der Waals surface area contributed by atoms with E-state index in [2.05, 4.69) is 41.4 Å². The van der Waals surface area contributed by atoms with E-state index in [1.54, 1.807) is 16.7 Å². The fourth-order valence-electron chi connectivity index (χ4n) is 3.47. The lowest BCUT2D eigenvalue weighted by Crippen LogP contribution is -2.50. The summed E-state index contributed by atoms with van der Waals surface area (Å²) in [5.41, 5.74) is 2.41. The van der Waals surface area contributed by atoms with E-state index in [0.29, 0.717) is 18.2 Å². The standard InChI is InChI=1S/C20H29N3O2S/c1-14-7-9-15(10-8-14)17(22(2)3)11-21-19(24)18-12-26-13-23(18)20(25)16-5-4-6-16/h7-10,16-18H,4-6,11-13H2,1-3H3,(H,21,24). The highest BCUT2D eigenvalue weighted by atomic mass is 32.2. The summed E-state index contributed by atoms with van der Waals surface area (Å²) in [5.74, 6) is 1.63. The van der Waals surface area contributed by atoms with Gasteiger partial charge in [-0.25, -0.2) is 0 Å². The molecule has 0 spiro atoms. The number of thioether (sulfide) groups is 1. The minimum atomic E-state index is -0.325. The van der Waals surface area contributed by atoms with E-state index in [9.17, 15) is 9.59 Å². The van der Waals surface area contributed by atoms with Crippen LogP contribution < -0.4 is 5.32 Å². The Morgan fingerprint density at radius 2 is 1.96 bits per heavy atom.